The van der Waals surface area contributed by atoms with Crippen molar-refractivity contribution in [3.63, 3.8) is 0 Å². The van der Waals surface area contributed by atoms with E-state index in [2.05, 4.69) is 28.5 Å². The molecule has 0 radical (unpaired) electrons. The molecule has 0 aromatic heterocycles. The van der Waals surface area contributed by atoms with Gasteiger partial charge < -0.3 is 10.6 Å². The molecule has 0 spiro atoms. The van der Waals surface area contributed by atoms with Gasteiger partial charge in [0.2, 0.25) is 5.91 Å². The molecular weight excluding hydrogens is 262 g/mol. The van der Waals surface area contributed by atoms with Gasteiger partial charge in [-0.15, -0.1) is 0 Å². The fraction of sp³-hybridized carbons (Fsp3) is 0.588. The highest BCUT2D eigenvalue weighted by Crippen LogP contribution is 2.24. The average Bonchev–Trinajstić information content (AvgIpc) is 2.84. The summed E-state index contributed by atoms with van der Waals surface area (Å²) in [6, 6.07) is 6.72. The van der Waals surface area contributed by atoms with Crippen molar-refractivity contribution in [2.24, 2.45) is 5.92 Å². The number of rotatable bonds is 3. The first-order valence-electron chi connectivity index (χ1n) is 7.94. The van der Waals surface area contributed by atoms with Crippen LogP contribution in [0.15, 0.2) is 18.2 Å². The normalized spacial score (nSPS) is 25.6. The number of hydrogen-bond donors (Lipinski definition) is 2. The summed E-state index contributed by atoms with van der Waals surface area (Å²) in [7, 11) is 0. The maximum Gasteiger partial charge on any atom is 0.238 e. The first-order valence-corrected chi connectivity index (χ1v) is 7.94. The molecule has 0 bridgehead atoms. The number of carbonyl (C=O) groups excluding carboxylic acids is 1. The number of piperidine rings is 1. The monoisotopic (exact) mass is 287 g/mol. The van der Waals surface area contributed by atoms with Crippen LogP contribution in [0.4, 0.5) is 5.69 Å². The highest BCUT2D eigenvalue weighted by molar-refractivity contribution is 5.93. The second-order valence-corrected chi connectivity index (χ2v) is 6.52. The summed E-state index contributed by atoms with van der Waals surface area (Å²) < 4.78 is 0. The Labute approximate surface area is 126 Å². The van der Waals surface area contributed by atoms with E-state index in [0.29, 0.717) is 12.6 Å². The van der Waals surface area contributed by atoms with Crippen molar-refractivity contribution < 1.29 is 4.79 Å². The molecule has 1 amide bonds. The lowest BCUT2D eigenvalue weighted by molar-refractivity contribution is -0.117. The third-order valence-electron chi connectivity index (χ3n) is 4.70. The van der Waals surface area contributed by atoms with Crippen molar-refractivity contribution in [3.05, 3.63) is 29.3 Å². The van der Waals surface area contributed by atoms with E-state index >= 15 is 0 Å². The van der Waals surface area contributed by atoms with Crippen LogP contribution < -0.4 is 10.6 Å². The number of amides is 1. The van der Waals surface area contributed by atoms with E-state index in [0.717, 1.165) is 36.8 Å². The summed E-state index contributed by atoms with van der Waals surface area (Å²) in [5.41, 5.74) is 3.28. The molecule has 4 nitrogen and oxygen atoms in total. The Morgan fingerprint density at radius 2 is 2.24 bits per heavy atom. The maximum absolute atomic E-state index is 12.2. The van der Waals surface area contributed by atoms with Crippen LogP contribution in [0.2, 0.25) is 0 Å². The second kappa shape index (κ2) is 6.16. The molecule has 1 aromatic rings. The van der Waals surface area contributed by atoms with E-state index in [1.54, 1.807) is 0 Å². The second-order valence-electron chi connectivity index (χ2n) is 6.52. The van der Waals surface area contributed by atoms with Crippen LogP contribution in [0.25, 0.3) is 0 Å². The van der Waals surface area contributed by atoms with E-state index in [4.69, 9.17) is 0 Å². The Morgan fingerprint density at radius 3 is 3.00 bits per heavy atom. The molecule has 0 saturated carbocycles. The number of aryl methyl sites for hydroxylation is 2. The fourth-order valence-corrected chi connectivity index (χ4v) is 3.61. The van der Waals surface area contributed by atoms with Gasteiger partial charge in [0.15, 0.2) is 0 Å². The standard InChI is InChI=1S/C17H25N3O/c1-12-5-6-15(13(2)8-12)19-17(21)11-20-9-14-4-3-7-18-16(14)10-20/h5-6,8,14,16,18H,3-4,7,9-11H2,1-2H3,(H,19,21)/t14-,16+/m0/s1. The minimum atomic E-state index is 0.0978. The number of nitrogens with zero attached hydrogens (tertiary/aromatic N) is 1. The van der Waals surface area contributed by atoms with Crippen LogP contribution in [0.1, 0.15) is 24.0 Å². The van der Waals surface area contributed by atoms with Gasteiger partial charge in [-0.3, -0.25) is 9.69 Å². The maximum atomic E-state index is 12.2. The van der Waals surface area contributed by atoms with Gasteiger partial charge in [0.1, 0.15) is 0 Å². The predicted molar refractivity (Wildman–Crippen MR) is 85.5 cm³/mol. The Balaban J connectivity index is 1.55. The number of hydrogen-bond acceptors (Lipinski definition) is 3. The quantitative estimate of drug-likeness (QED) is 0.893. The van der Waals surface area contributed by atoms with E-state index in [1.807, 2.05) is 19.1 Å². The van der Waals surface area contributed by atoms with Crippen molar-refractivity contribution in [3.8, 4) is 0 Å². The molecule has 2 aliphatic heterocycles. The summed E-state index contributed by atoms with van der Waals surface area (Å²) in [4.78, 5) is 14.5. The zero-order chi connectivity index (χ0) is 14.8. The fourth-order valence-electron chi connectivity index (χ4n) is 3.61. The Bertz CT molecular complexity index is 515. The van der Waals surface area contributed by atoms with Crippen LogP contribution in [-0.4, -0.2) is 43.0 Å². The zero-order valence-corrected chi connectivity index (χ0v) is 13.0. The SMILES string of the molecule is Cc1ccc(NC(=O)CN2C[C@@H]3CCCN[C@@H]3C2)c(C)c1. The van der Waals surface area contributed by atoms with Gasteiger partial charge in [-0.05, 0) is 50.8 Å². The summed E-state index contributed by atoms with van der Waals surface area (Å²) in [6.07, 6.45) is 2.57. The van der Waals surface area contributed by atoms with Crippen LogP contribution in [0, 0.1) is 19.8 Å². The Kier molecular flexibility index (Phi) is 4.27. The van der Waals surface area contributed by atoms with Gasteiger partial charge in [0.05, 0.1) is 6.54 Å². The lowest BCUT2D eigenvalue weighted by Gasteiger charge is -2.24. The molecule has 0 unspecified atom stereocenters. The third-order valence-corrected chi connectivity index (χ3v) is 4.70. The molecule has 2 aliphatic rings. The Morgan fingerprint density at radius 1 is 1.38 bits per heavy atom. The lowest BCUT2D eigenvalue weighted by Crippen LogP contribution is -2.41. The molecule has 1 aromatic carbocycles. The first kappa shape index (κ1) is 14.5. The first-order chi connectivity index (χ1) is 10.1. The summed E-state index contributed by atoms with van der Waals surface area (Å²) in [6.45, 7) is 7.79. The van der Waals surface area contributed by atoms with E-state index < -0.39 is 0 Å². The summed E-state index contributed by atoms with van der Waals surface area (Å²) >= 11 is 0. The highest BCUT2D eigenvalue weighted by Gasteiger charge is 2.34. The minimum Gasteiger partial charge on any atom is -0.325 e. The topological polar surface area (TPSA) is 44.4 Å². The molecule has 114 valence electrons. The molecule has 2 saturated heterocycles. The summed E-state index contributed by atoms with van der Waals surface area (Å²) in [5, 5.41) is 6.62. The highest BCUT2D eigenvalue weighted by atomic mass is 16.2. The molecule has 2 fully saturated rings. The van der Waals surface area contributed by atoms with Crippen LogP contribution in [-0.2, 0) is 4.79 Å². The van der Waals surface area contributed by atoms with Gasteiger partial charge in [0, 0.05) is 24.8 Å². The van der Waals surface area contributed by atoms with Gasteiger partial charge in [-0.25, -0.2) is 0 Å². The molecule has 2 N–H and O–H groups in total. The minimum absolute atomic E-state index is 0.0978. The van der Waals surface area contributed by atoms with Gasteiger partial charge in [-0.1, -0.05) is 17.7 Å². The largest absolute Gasteiger partial charge is 0.325 e. The van der Waals surface area contributed by atoms with Crippen molar-refractivity contribution in [1.29, 1.82) is 0 Å². The van der Waals surface area contributed by atoms with Crippen LogP contribution in [0.3, 0.4) is 0 Å². The van der Waals surface area contributed by atoms with Crippen LogP contribution in [0.5, 0.6) is 0 Å². The lowest BCUT2D eigenvalue weighted by atomic mass is 9.94. The molecule has 0 aliphatic carbocycles. The number of anilines is 1. The van der Waals surface area contributed by atoms with Crippen LogP contribution >= 0.6 is 0 Å². The van der Waals surface area contributed by atoms with Crippen molar-refractivity contribution >= 4 is 11.6 Å². The van der Waals surface area contributed by atoms with Gasteiger partial charge in [-0.2, -0.15) is 0 Å². The Hall–Kier alpha value is -1.39. The van der Waals surface area contributed by atoms with Crippen molar-refractivity contribution in [1.82, 2.24) is 10.2 Å². The third kappa shape index (κ3) is 3.44. The molecular formula is C17H25N3O. The van der Waals surface area contributed by atoms with E-state index in [9.17, 15) is 4.79 Å². The van der Waals surface area contributed by atoms with Crippen molar-refractivity contribution in [2.45, 2.75) is 32.7 Å². The molecule has 4 heteroatoms. The number of benzene rings is 1. The molecule has 3 rings (SSSR count). The van der Waals surface area contributed by atoms with Crippen molar-refractivity contribution in [2.75, 3.05) is 31.5 Å². The zero-order valence-electron chi connectivity index (χ0n) is 13.0. The smallest absolute Gasteiger partial charge is 0.238 e. The number of fused-ring (bicyclic) bond motifs is 1. The van der Waals surface area contributed by atoms with Gasteiger partial charge in [0.25, 0.3) is 0 Å². The number of nitrogens with one attached hydrogen (secondary N) is 2. The number of carbonyl (C=O) groups is 1. The predicted octanol–water partition coefficient (Wildman–Crippen LogP) is 1.93. The number of likely N-dealkylation sites (tertiary alicyclic amines) is 1. The molecule has 2 heterocycles. The van der Waals surface area contributed by atoms with E-state index in [-0.39, 0.29) is 5.91 Å². The van der Waals surface area contributed by atoms with Gasteiger partial charge >= 0.3 is 0 Å². The molecule has 2 atom stereocenters. The molecule has 21 heavy (non-hydrogen) atoms. The van der Waals surface area contributed by atoms with E-state index in [1.165, 1.54) is 18.4 Å². The average molecular weight is 287 g/mol. The summed E-state index contributed by atoms with van der Waals surface area (Å²) in [5.74, 6) is 0.827.